The van der Waals surface area contributed by atoms with Gasteiger partial charge in [0.05, 0.1) is 21.9 Å². The van der Waals surface area contributed by atoms with Gasteiger partial charge in [-0.3, -0.25) is 28.0 Å². The fraction of sp³-hybridized carbons (Fsp3) is 0.521. The van der Waals surface area contributed by atoms with E-state index in [-0.39, 0.29) is 62.4 Å². The van der Waals surface area contributed by atoms with Gasteiger partial charge in [0.15, 0.2) is 0 Å². The third kappa shape index (κ3) is 11.9. The van der Waals surface area contributed by atoms with E-state index in [0.717, 1.165) is 16.9 Å². The van der Waals surface area contributed by atoms with E-state index in [1.165, 1.54) is 25.1 Å². The van der Waals surface area contributed by atoms with Crippen LogP contribution in [0.25, 0.3) is 0 Å². The number of carboxylic acids is 1. The summed E-state index contributed by atoms with van der Waals surface area (Å²) in [4.78, 5) is 45.1. The summed E-state index contributed by atoms with van der Waals surface area (Å²) in [5.41, 5.74) is 1.85. The van der Waals surface area contributed by atoms with Crippen LogP contribution >= 0.6 is 0 Å². The van der Waals surface area contributed by atoms with Gasteiger partial charge in [0, 0.05) is 73.7 Å². The van der Waals surface area contributed by atoms with Crippen molar-refractivity contribution in [3.63, 3.8) is 0 Å². The summed E-state index contributed by atoms with van der Waals surface area (Å²) < 4.78 is 101. The molecule has 2 aromatic carbocycles. The topological polar surface area (TPSA) is 256 Å². The number of amides is 1. The van der Waals surface area contributed by atoms with E-state index in [9.17, 15) is 53.3 Å². The number of nitrogens with zero attached hydrogens (tertiary/aromatic N) is 3. The summed E-state index contributed by atoms with van der Waals surface area (Å²) in [7, 11) is -9.29. The Hall–Kier alpha value is -4.86. The van der Waals surface area contributed by atoms with Crippen molar-refractivity contribution in [3.05, 3.63) is 94.7 Å². The highest BCUT2D eigenvalue weighted by Gasteiger charge is 2.53. The molecule has 3 aliphatic rings. The van der Waals surface area contributed by atoms with Crippen molar-refractivity contribution in [2.24, 2.45) is 5.41 Å². The van der Waals surface area contributed by atoms with E-state index in [0.29, 0.717) is 47.4 Å². The zero-order valence-corrected chi connectivity index (χ0v) is 42.5. The molecule has 68 heavy (non-hydrogen) atoms. The van der Waals surface area contributed by atoms with Crippen LogP contribution in [0.4, 0.5) is 17.1 Å². The number of ketones is 1. The number of rotatable bonds is 21. The smallest absolute Gasteiger partial charge is 0.303 e. The predicted octanol–water partition coefficient (Wildman–Crippen LogP) is 6.63. The number of nitrogens with one attached hydrogen (secondary N) is 1. The van der Waals surface area contributed by atoms with Crippen LogP contribution in [0.15, 0.2) is 88.5 Å². The maximum absolute atomic E-state index is 14.4. The van der Waals surface area contributed by atoms with Crippen molar-refractivity contribution in [2.45, 2.75) is 114 Å². The number of fused-ring (bicyclic) bond motifs is 2. The molecule has 2 heterocycles. The van der Waals surface area contributed by atoms with Crippen molar-refractivity contribution in [2.75, 3.05) is 59.9 Å². The molecule has 5 rings (SSSR count). The number of aliphatic carboxylic acids is 1. The third-order valence-corrected chi connectivity index (χ3v) is 16.4. The van der Waals surface area contributed by atoms with Crippen LogP contribution in [0.5, 0.6) is 0 Å². The average molecular weight is 1000 g/mol. The molecule has 20 heteroatoms. The molecule has 0 saturated heterocycles. The largest absolute Gasteiger partial charge is 0.481 e. The maximum atomic E-state index is 14.4. The first kappa shape index (κ1) is 54.1. The molecule has 17 nitrogen and oxygen atoms in total. The molecular weight excluding hydrogens is 937 g/mol. The van der Waals surface area contributed by atoms with Crippen LogP contribution in [-0.4, -0.2) is 112 Å². The van der Waals surface area contributed by atoms with Gasteiger partial charge in [0.1, 0.15) is 11.2 Å². The fourth-order valence-corrected chi connectivity index (χ4v) is 11.2. The van der Waals surface area contributed by atoms with Crippen molar-refractivity contribution in [3.8, 4) is 0 Å². The molecule has 1 aliphatic carbocycles. The molecule has 0 fully saturated rings. The fourth-order valence-electron chi connectivity index (χ4n) is 9.70. The number of allylic oxidation sites excluding steroid dienone is 7. The molecule has 0 aromatic heterocycles. The zero-order valence-electron chi connectivity index (χ0n) is 40.1. The predicted molar refractivity (Wildman–Crippen MR) is 263 cm³/mol. The summed E-state index contributed by atoms with van der Waals surface area (Å²) in [6, 6.07) is 10.2. The number of unbranched alkanes of at least 4 members (excludes halogenated alkanes) is 2. The molecule has 2 atom stereocenters. The van der Waals surface area contributed by atoms with Crippen LogP contribution in [0, 0.1) is 5.41 Å². The lowest BCUT2D eigenvalue weighted by molar-refractivity contribution is -0.141. The van der Waals surface area contributed by atoms with E-state index in [1.807, 2.05) is 75.0 Å². The van der Waals surface area contributed by atoms with Crippen LogP contribution < -0.4 is 20.0 Å². The van der Waals surface area contributed by atoms with Gasteiger partial charge >= 0.3 is 5.97 Å². The second kappa shape index (κ2) is 20.2. The molecule has 0 radical (unpaired) electrons. The number of hydrogen-bond donors (Lipinski definition) is 5. The minimum atomic E-state index is -4.59. The second-order valence-electron chi connectivity index (χ2n) is 19.5. The van der Waals surface area contributed by atoms with Crippen molar-refractivity contribution >= 4 is 65.1 Å². The summed E-state index contributed by atoms with van der Waals surface area (Å²) in [5, 5.41) is 12.0. The molecule has 5 N–H and O–H groups in total. The van der Waals surface area contributed by atoms with Gasteiger partial charge in [0.2, 0.25) is 5.91 Å². The summed E-state index contributed by atoms with van der Waals surface area (Å²) in [6.07, 6.45) is 10.9. The number of anilines is 3. The highest BCUT2D eigenvalue weighted by molar-refractivity contribution is 7.86. The standard InChI is InChI=1S/C48H66N4O13S3/c1-33(53)48(44(56)49-23-11-9-10-14-43(54)55)31-34(15-20-42-45(2,3)38-30-37(68(63,64)65)17-19-40(38)51(42)24-12-26-66(57,58)59)28-35(32-48)21-22-47(6)46(4,5)39-29-36(50(7)8)16-18-41(39)52(47)25-13-27-67(60,61)62/h15-22,28-30H,9-14,23-27,31-32H2,1-8H3,(H,49,56)(H,54,55)(H,57,58,59)(H,60,61,62)(H,63,64,65)/b22-21+,34-15-,42-20+. The van der Waals surface area contributed by atoms with E-state index < -0.39 is 75.5 Å². The highest BCUT2D eigenvalue weighted by Crippen LogP contribution is 2.54. The van der Waals surface area contributed by atoms with Gasteiger partial charge < -0.3 is 25.1 Å². The number of carbonyl (C=O) groups is 3. The summed E-state index contributed by atoms with van der Waals surface area (Å²) >= 11 is 0. The molecule has 0 saturated carbocycles. The molecule has 1 amide bonds. The first-order valence-electron chi connectivity index (χ1n) is 22.6. The molecule has 0 spiro atoms. The van der Waals surface area contributed by atoms with Crippen molar-refractivity contribution in [1.82, 2.24) is 5.32 Å². The SMILES string of the molecule is CC(=O)C1(C(=O)NCCCCCC(=O)O)CC(/C=C/C2(C)N(CCCS(=O)(=O)O)c3ccc(N(C)C)cc3C2(C)C)=CC(=C/C=C2/N(CCCS(=O)(=O)O)c3ccc(S(=O)(=O)O)cc3C2(C)C)/C1. The lowest BCUT2D eigenvalue weighted by atomic mass is 9.67. The zero-order chi connectivity index (χ0) is 50.8. The second-order valence-corrected chi connectivity index (χ2v) is 24.1. The third-order valence-electron chi connectivity index (χ3n) is 13.9. The Bertz CT molecular complexity index is 2780. The maximum Gasteiger partial charge on any atom is 0.303 e. The minimum absolute atomic E-state index is 0.00333. The van der Waals surface area contributed by atoms with Gasteiger partial charge in [-0.25, -0.2) is 0 Å². The quantitative estimate of drug-likeness (QED) is 0.0499. The molecular formula is C48H66N4O13S3. The van der Waals surface area contributed by atoms with Gasteiger partial charge in [-0.05, 0) is 117 Å². The first-order valence-corrected chi connectivity index (χ1v) is 27.2. The number of carbonyl (C=O) groups excluding carboxylic acids is 2. The Morgan fingerprint density at radius 1 is 0.779 bits per heavy atom. The number of Topliss-reactive ketones (excluding diaryl/α,β-unsaturated/α-hetero) is 1. The van der Waals surface area contributed by atoms with Gasteiger partial charge in [0.25, 0.3) is 30.4 Å². The monoisotopic (exact) mass is 1000 g/mol. The Labute approximate surface area is 401 Å². The lowest BCUT2D eigenvalue weighted by Gasteiger charge is -2.44. The van der Waals surface area contributed by atoms with E-state index >= 15 is 0 Å². The molecule has 2 aromatic rings. The Morgan fingerprint density at radius 3 is 2.00 bits per heavy atom. The number of benzene rings is 2. The van der Waals surface area contributed by atoms with Crippen LogP contribution in [-0.2, 0) is 55.6 Å². The van der Waals surface area contributed by atoms with Crippen LogP contribution in [0.3, 0.4) is 0 Å². The molecule has 374 valence electrons. The summed E-state index contributed by atoms with van der Waals surface area (Å²) in [6.45, 7) is 11.9. The number of carboxylic acid groups (broad SMARTS) is 1. The van der Waals surface area contributed by atoms with E-state index in [4.69, 9.17) is 5.11 Å². The lowest BCUT2D eigenvalue weighted by Crippen LogP contribution is -2.52. The molecule has 2 unspecified atom stereocenters. The average Bonchev–Trinajstić information content (AvgIpc) is 3.53. The van der Waals surface area contributed by atoms with Crippen LogP contribution in [0.1, 0.15) is 104 Å². The van der Waals surface area contributed by atoms with Crippen molar-refractivity contribution < 1.29 is 58.4 Å². The van der Waals surface area contributed by atoms with Crippen molar-refractivity contribution in [1.29, 1.82) is 0 Å². The minimum Gasteiger partial charge on any atom is -0.481 e. The van der Waals surface area contributed by atoms with Crippen LogP contribution in [0.2, 0.25) is 0 Å². The Balaban J connectivity index is 1.65. The first-order chi connectivity index (χ1) is 31.3. The Kier molecular flexibility index (Phi) is 16.1. The van der Waals surface area contributed by atoms with Gasteiger partial charge in [-0.2, -0.15) is 25.3 Å². The van der Waals surface area contributed by atoms with Gasteiger partial charge in [-0.1, -0.05) is 58.4 Å². The molecule has 2 aliphatic heterocycles. The van der Waals surface area contributed by atoms with E-state index in [2.05, 4.69) is 30.1 Å². The highest BCUT2D eigenvalue weighted by atomic mass is 32.2. The summed E-state index contributed by atoms with van der Waals surface area (Å²) in [5.74, 6) is -2.79. The van der Waals surface area contributed by atoms with Gasteiger partial charge in [-0.15, -0.1) is 0 Å². The normalized spacial score (nSPS) is 22.4. The Morgan fingerprint density at radius 2 is 1.41 bits per heavy atom. The molecule has 0 bridgehead atoms. The van der Waals surface area contributed by atoms with E-state index in [1.54, 1.807) is 12.2 Å². The number of hydrogen-bond acceptors (Lipinski definition) is 12.